The number of carbonyl (C=O) groups is 2. The fourth-order valence-electron chi connectivity index (χ4n) is 2.39. The van der Waals surface area contributed by atoms with Crippen LogP contribution in [0.2, 0.25) is 5.02 Å². The summed E-state index contributed by atoms with van der Waals surface area (Å²) in [6.07, 6.45) is 1.53. The molecule has 0 spiro atoms. The standard InChI is InChI=1S/C20H20ClN5O2/c1-13(2)19(27)23-15-9-7-14(8-10-15)11-22-20(28)17-12-26(25-24-17)18-6-4-3-5-16(18)21/h3-10,12-13H,11H2,1-2H3,(H,22,28)(H,23,27). The van der Waals surface area contributed by atoms with Gasteiger partial charge in [-0.25, -0.2) is 4.68 Å². The second-order valence-electron chi connectivity index (χ2n) is 6.52. The first-order chi connectivity index (χ1) is 13.4. The van der Waals surface area contributed by atoms with Crippen molar-refractivity contribution in [1.82, 2.24) is 20.3 Å². The van der Waals surface area contributed by atoms with Crippen molar-refractivity contribution in [3.05, 3.63) is 71.0 Å². The van der Waals surface area contributed by atoms with Gasteiger partial charge < -0.3 is 10.6 Å². The molecule has 2 aromatic carbocycles. The van der Waals surface area contributed by atoms with Crippen molar-refractivity contribution in [3.63, 3.8) is 0 Å². The van der Waals surface area contributed by atoms with Crippen LogP contribution in [0.15, 0.2) is 54.7 Å². The van der Waals surface area contributed by atoms with Gasteiger partial charge in [0, 0.05) is 18.2 Å². The topological polar surface area (TPSA) is 88.9 Å². The molecule has 3 aromatic rings. The van der Waals surface area contributed by atoms with Crippen LogP contribution >= 0.6 is 11.6 Å². The van der Waals surface area contributed by atoms with Crippen LogP contribution in [0.5, 0.6) is 0 Å². The zero-order valence-electron chi connectivity index (χ0n) is 15.5. The van der Waals surface area contributed by atoms with Crippen molar-refractivity contribution < 1.29 is 9.59 Å². The number of hydrogen-bond acceptors (Lipinski definition) is 4. The van der Waals surface area contributed by atoms with Gasteiger partial charge in [-0.15, -0.1) is 5.10 Å². The lowest BCUT2D eigenvalue weighted by Gasteiger charge is -2.09. The number of rotatable bonds is 6. The summed E-state index contributed by atoms with van der Waals surface area (Å²) in [7, 11) is 0. The molecule has 0 atom stereocenters. The molecule has 0 aliphatic rings. The van der Waals surface area contributed by atoms with Crippen LogP contribution in [0.4, 0.5) is 5.69 Å². The average Bonchev–Trinajstić information content (AvgIpc) is 3.17. The number of hydrogen-bond donors (Lipinski definition) is 2. The summed E-state index contributed by atoms with van der Waals surface area (Å²) in [5.74, 6) is -0.462. The molecule has 1 aromatic heterocycles. The SMILES string of the molecule is CC(C)C(=O)Nc1ccc(CNC(=O)c2cn(-c3ccccc3Cl)nn2)cc1. The van der Waals surface area contributed by atoms with Crippen molar-refractivity contribution in [2.75, 3.05) is 5.32 Å². The summed E-state index contributed by atoms with van der Waals surface area (Å²) >= 11 is 6.13. The molecule has 0 radical (unpaired) electrons. The molecule has 3 rings (SSSR count). The van der Waals surface area contributed by atoms with Gasteiger partial charge in [-0.2, -0.15) is 0 Å². The fraction of sp³-hybridized carbons (Fsp3) is 0.200. The first-order valence-corrected chi connectivity index (χ1v) is 9.17. The number of amides is 2. The van der Waals surface area contributed by atoms with Gasteiger partial charge in [-0.1, -0.05) is 54.9 Å². The maximum Gasteiger partial charge on any atom is 0.273 e. The normalized spacial score (nSPS) is 10.7. The van der Waals surface area contributed by atoms with Crippen molar-refractivity contribution in [2.24, 2.45) is 5.92 Å². The summed E-state index contributed by atoms with van der Waals surface area (Å²) < 4.78 is 1.46. The zero-order valence-corrected chi connectivity index (χ0v) is 16.3. The van der Waals surface area contributed by atoms with Crippen LogP contribution < -0.4 is 10.6 Å². The number of benzene rings is 2. The summed E-state index contributed by atoms with van der Waals surface area (Å²) in [5, 5.41) is 14.0. The highest BCUT2D eigenvalue weighted by Crippen LogP contribution is 2.18. The molecule has 0 saturated carbocycles. The van der Waals surface area contributed by atoms with Crippen LogP contribution in [0.3, 0.4) is 0 Å². The van der Waals surface area contributed by atoms with E-state index in [1.54, 1.807) is 24.3 Å². The second-order valence-corrected chi connectivity index (χ2v) is 6.93. The predicted molar refractivity (Wildman–Crippen MR) is 107 cm³/mol. The quantitative estimate of drug-likeness (QED) is 0.666. The molecule has 0 saturated heterocycles. The van der Waals surface area contributed by atoms with E-state index in [0.29, 0.717) is 17.3 Å². The molecule has 2 N–H and O–H groups in total. The molecule has 144 valence electrons. The highest BCUT2D eigenvalue weighted by atomic mass is 35.5. The Morgan fingerprint density at radius 3 is 2.50 bits per heavy atom. The highest BCUT2D eigenvalue weighted by molar-refractivity contribution is 6.32. The maximum atomic E-state index is 12.3. The number of aromatic nitrogens is 3. The van der Waals surface area contributed by atoms with E-state index >= 15 is 0 Å². The van der Waals surface area contributed by atoms with Gasteiger partial charge >= 0.3 is 0 Å². The van der Waals surface area contributed by atoms with E-state index in [-0.39, 0.29) is 23.4 Å². The van der Waals surface area contributed by atoms with Crippen molar-refractivity contribution in [1.29, 1.82) is 0 Å². The molecule has 8 heteroatoms. The number of halogens is 1. The summed E-state index contributed by atoms with van der Waals surface area (Å²) in [5.41, 5.74) is 2.46. The lowest BCUT2D eigenvalue weighted by Crippen LogP contribution is -2.23. The molecular formula is C20H20ClN5O2. The summed E-state index contributed by atoms with van der Waals surface area (Å²) in [6.45, 7) is 4.00. The number of anilines is 1. The Balaban J connectivity index is 1.59. The van der Waals surface area contributed by atoms with Crippen LogP contribution in [0, 0.1) is 5.92 Å². The van der Waals surface area contributed by atoms with E-state index in [2.05, 4.69) is 20.9 Å². The van der Waals surface area contributed by atoms with Crippen LogP contribution in [-0.4, -0.2) is 26.8 Å². The van der Waals surface area contributed by atoms with E-state index in [4.69, 9.17) is 11.6 Å². The Bertz CT molecular complexity index is 982. The lowest BCUT2D eigenvalue weighted by molar-refractivity contribution is -0.118. The Kier molecular flexibility index (Phi) is 6.06. The number of nitrogens with one attached hydrogen (secondary N) is 2. The molecule has 0 fully saturated rings. The van der Waals surface area contributed by atoms with Crippen molar-refractivity contribution in [3.8, 4) is 5.69 Å². The monoisotopic (exact) mass is 397 g/mol. The Labute approximate surface area is 167 Å². The van der Waals surface area contributed by atoms with Gasteiger partial charge in [0.25, 0.3) is 5.91 Å². The molecule has 28 heavy (non-hydrogen) atoms. The van der Waals surface area contributed by atoms with Gasteiger partial charge in [-0.05, 0) is 29.8 Å². The Morgan fingerprint density at radius 2 is 1.82 bits per heavy atom. The molecule has 7 nitrogen and oxygen atoms in total. The van der Waals surface area contributed by atoms with E-state index in [0.717, 1.165) is 11.3 Å². The van der Waals surface area contributed by atoms with Crippen LogP contribution in [-0.2, 0) is 11.3 Å². The minimum Gasteiger partial charge on any atom is -0.347 e. The van der Waals surface area contributed by atoms with Gasteiger partial charge in [0.05, 0.1) is 16.9 Å². The average molecular weight is 398 g/mol. The van der Waals surface area contributed by atoms with Crippen molar-refractivity contribution >= 4 is 29.1 Å². The van der Waals surface area contributed by atoms with Gasteiger partial charge in [0.1, 0.15) is 0 Å². The largest absolute Gasteiger partial charge is 0.347 e. The smallest absolute Gasteiger partial charge is 0.273 e. The summed E-state index contributed by atoms with van der Waals surface area (Å²) in [4.78, 5) is 24.0. The van der Waals surface area contributed by atoms with Gasteiger partial charge in [0.15, 0.2) is 5.69 Å². The molecule has 1 heterocycles. The molecular weight excluding hydrogens is 378 g/mol. The molecule has 0 bridgehead atoms. The van der Waals surface area contributed by atoms with E-state index < -0.39 is 0 Å². The van der Waals surface area contributed by atoms with E-state index in [9.17, 15) is 9.59 Å². The van der Waals surface area contributed by atoms with Crippen molar-refractivity contribution in [2.45, 2.75) is 20.4 Å². The first-order valence-electron chi connectivity index (χ1n) is 8.79. The predicted octanol–water partition coefficient (Wildman–Crippen LogP) is 3.45. The van der Waals surface area contributed by atoms with Gasteiger partial charge in [-0.3, -0.25) is 9.59 Å². The molecule has 0 unspecified atom stereocenters. The fourth-order valence-corrected chi connectivity index (χ4v) is 2.61. The lowest BCUT2D eigenvalue weighted by atomic mass is 10.1. The first kappa shape index (κ1) is 19.6. The third kappa shape index (κ3) is 4.75. The molecule has 0 aliphatic heterocycles. The van der Waals surface area contributed by atoms with E-state index in [1.807, 2.05) is 38.1 Å². The second kappa shape index (κ2) is 8.67. The zero-order chi connectivity index (χ0) is 20.1. The molecule has 0 aliphatic carbocycles. The van der Waals surface area contributed by atoms with Crippen LogP contribution in [0.1, 0.15) is 29.9 Å². The Hall–Kier alpha value is -3.19. The molecule has 2 amide bonds. The minimum absolute atomic E-state index is 0.0392. The van der Waals surface area contributed by atoms with Gasteiger partial charge in [0.2, 0.25) is 5.91 Å². The highest BCUT2D eigenvalue weighted by Gasteiger charge is 2.13. The number of carbonyl (C=O) groups excluding carboxylic acids is 2. The summed E-state index contributed by atoms with van der Waals surface area (Å²) in [6, 6.07) is 14.5. The maximum absolute atomic E-state index is 12.3. The number of nitrogens with zero attached hydrogens (tertiary/aromatic N) is 3. The number of para-hydroxylation sites is 1. The van der Waals surface area contributed by atoms with E-state index in [1.165, 1.54) is 10.9 Å². The third-order valence-corrected chi connectivity index (χ3v) is 4.34. The minimum atomic E-state index is -0.338. The van der Waals surface area contributed by atoms with Crippen LogP contribution in [0.25, 0.3) is 5.69 Å². The third-order valence-electron chi connectivity index (χ3n) is 4.02. The Morgan fingerprint density at radius 1 is 1.11 bits per heavy atom.